The monoisotopic (exact) mass is 460 g/mol. The first-order valence-corrected chi connectivity index (χ1v) is 7.50. The second-order valence-electron chi connectivity index (χ2n) is 5.26. The quantitative estimate of drug-likeness (QED) is 0.377. The number of ether oxygens (including phenoxy) is 2. The first-order chi connectivity index (χ1) is 11.6. The Hall–Kier alpha value is -1.94. The molecule has 0 saturated carbocycles. The van der Waals surface area contributed by atoms with Crippen molar-refractivity contribution < 1.29 is 13.9 Å². The Bertz CT molecular complexity index is 665. The third-order valence-corrected chi connectivity index (χ3v) is 3.08. The van der Waals surface area contributed by atoms with E-state index in [0.717, 1.165) is 5.56 Å². The first-order valence-electron chi connectivity index (χ1n) is 7.50. The molecule has 25 heavy (non-hydrogen) atoms. The molecule has 136 valence electrons. The molecule has 1 aromatic heterocycles. The van der Waals surface area contributed by atoms with Crippen molar-refractivity contribution in [1.82, 2.24) is 10.3 Å². The summed E-state index contributed by atoms with van der Waals surface area (Å²) in [6, 6.07) is 9.42. The minimum absolute atomic E-state index is 0. The van der Waals surface area contributed by atoms with Crippen LogP contribution in [0.3, 0.4) is 0 Å². The van der Waals surface area contributed by atoms with Gasteiger partial charge in [0.05, 0.1) is 13.2 Å². The van der Waals surface area contributed by atoms with Crippen molar-refractivity contribution in [2.45, 2.75) is 19.5 Å². The second kappa shape index (κ2) is 10.8. The van der Waals surface area contributed by atoms with E-state index in [0.29, 0.717) is 30.7 Å². The number of nitrogens with two attached hydrogens (primary N) is 1. The number of benzene rings is 1. The molecule has 0 aliphatic carbocycles. The summed E-state index contributed by atoms with van der Waals surface area (Å²) in [5.74, 6) is 0.991. The topological polar surface area (TPSA) is 81.8 Å². The highest BCUT2D eigenvalue weighted by molar-refractivity contribution is 14.0. The fourth-order valence-electron chi connectivity index (χ4n) is 1.95. The van der Waals surface area contributed by atoms with Gasteiger partial charge in [0.15, 0.2) is 5.96 Å². The van der Waals surface area contributed by atoms with Crippen LogP contribution in [-0.4, -0.2) is 30.7 Å². The molecule has 1 heterocycles. The SMILES string of the molecule is COCC(C)NC(N)=NCc1ccc(Oc2ccc(F)cc2)nc1.I. The smallest absolute Gasteiger partial charge is 0.219 e. The Morgan fingerprint density at radius 3 is 2.60 bits per heavy atom. The molecule has 0 aliphatic heterocycles. The Labute approximate surface area is 163 Å². The van der Waals surface area contributed by atoms with E-state index < -0.39 is 0 Å². The van der Waals surface area contributed by atoms with Crippen molar-refractivity contribution in [3.8, 4) is 11.6 Å². The Morgan fingerprint density at radius 1 is 1.28 bits per heavy atom. The van der Waals surface area contributed by atoms with Gasteiger partial charge in [-0.3, -0.25) is 0 Å². The average molecular weight is 460 g/mol. The molecule has 1 atom stereocenters. The number of guanidine groups is 1. The predicted octanol–water partition coefficient (Wildman–Crippen LogP) is 3.07. The lowest BCUT2D eigenvalue weighted by Gasteiger charge is -2.13. The molecule has 0 aliphatic rings. The van der Waals surface area contributed by atoms with Crippen molar-refractivity contribution in [2.24, 2.45) is 10.7 Å². The zero-order valence-corrected chi connectivity index (χ0v) is 16.4. The van der Waals surface area contributed by atoms with Crippen molar-refractivity contribution >= 4 is 29.9 Å². The third kappa shape index (κ3) is 7.65. The van der Waals surface area contributed by atoms with Gasteiger partial charge in [-0.1, -0.05) is 6.07 Å². The van der Waals surface area contributed by atoms with E-state index in [1.165, 1.54) is 12.1 Å². The zero-order valence-electron chi connectivity index (χ0n) is 14.1. The molecule has 2 rings (SSSR count). The predicted molar refractivity (Wildman–Crippen MR) is 106 cm³/mol. The fraction of sp³-hybridized carbons (Fsp3) is 0.294. The van der Waals surface area contributed by atoms with Crippen LogP contribution < -0.4 is 15.8 Å². The summed E-state index contributed by atoms with van der Waals surface area (Å²) in [5, 5.41) is 3.03. The molecule has 0 amide bonds. The molecule has 3 N–H and O–H groups in total. The summed E-state index contributed by atoms with van der Waals surface area (Å²) in [7, 11) is 1.63. The van der Waals surface area contributed by atoms with Crippen LogP contribution in [0.4, 0.5) is 4.39 Å². The summed E-state index contributed by atoms with van der Waals surface area (Å²) in [5.41, 5.74) is 6.70. The molecular weight excluding hydrogens is 438 g/mol. The lowest BCUT2D eigenvalue weighted by molar-refractivity contribution is 0.179. The molecule has 0 radical (unpaired) electrons. The van der Waals surface area contributed by atoms with Gasteiger partial charge in [0.25, 0.3) is 0 Å². The van der Waals surface area contributed by atoms with E-state index in [9.17, 15) is 4.39 Å². The van der Waals surface area contributed by atoms with E-state index in [2.05, 4.69) is 15.3 Å². The van der Waals surface area contributed by atoms with Crippen LogP contribution >= 0.6 is 24.0 Å². The summed E-state index contributed by atoms with van der Waals surface area (Å²) >= 11 is 0. The fourth-order valence-corrected chi connectivity index (χ4v) is 1.95. The summed E-state index contributed by atoms with van der Waals surface area (Å²) in [4.78, 5) is 8.44. The average Bonchev–Trinajstić information content (AvgIpc) is 2.56. The van der Waals surface area contributed by atoms with Gasteiger partial charge in [-0.05, 0) is 36.8 Å². The molecule has 1 unspecified atom stereocenters. The first kappa shape index (κ1) is 21.1. The van der Waals surface area contributed by atoms with Gasteiger partial charge in [0.1, 0.15) is 11.6 Å². The second-order valence-corrected chi connectivity index (χ2v) is 5.26. The molecule has 0 bridgehead atoms. The Morgan fingerprint density at radius 2 is 2.00 bits per heavy atom. The summed E-state index contributed by atoms with van der Waals surface area (Å²) < 4.78 is 23.4. The molecule has 0 spiro atoms. The van der Waals surface area contributed by atoms with Gasteiger partial charge in [-0.2, -0.15) is 0 Å². The molecular formula is C17H22FIN4O2. The van der Waals surface area contributed by atoms with Crippen LogP contribution in [0.15, 0.2) is 47.6 Å². The maximum absolute atomic E-state index is 12.8. The minimum atomic E-state index is -0.311. The normalized spacial score (nSPS) is 12.2. The van der Waals surface area contributed by atoms with Crippen LogP contribution in [0.1, 0.15) is 12.5 Å². The molecule has 0 fully saturated rings. The maximum atomic E-state index is 12.8. The van der Waals surface area contributed by atoms with Gasteiger partial charge in [0, 0.05) is 25.4 Å². The third-order valence-electron chi connectivity index (χ3n) is 3.08. The molecule has 6 nitrogen and oxygen atoms in total. The molecule has 1 aromatic carbocycles. The lowest BCUT2D eigenvalue weighted by Crippen LogP contribution is -2.40. The van der Waals surface area contributed by atoms with Gasteiger partial charge >= 0.3 is 0 Å². The number of hydrogen-bond acceptors (Lipinski definition) is 4. The summed E-state index contributed by atoms with van der Waals surface area (Å²) in [6.45, 7) is 2.91. The number of rotatable bonds is 7. The molecule has 2 aromatic rings. The number of nitrogens with one attached hydrogen (secondary N) is 1. The lowest BCUT2D eigenvalue weighted by atomic mass is 10.3. The Kier molecular flexibility index (Phi) is 9.14. The van der Waals surface area contributed by atoms with E-state index >= 15 is 0 Å². The van der Waals surface area contributed by atoms with Gasteiger partial charge in [0.2, 0.25) is 5.88 Å². The number of pyridine rings is 1. The number of aliphatic imine (C=N–C) groups is 1. The van der Waals surface area contributed by atoms with Crippen molar-refractivity contribution in [1.29, 1.82) is 0 Å². The number of nitrogens with zero attached hydrogens (tertiary/aromatic N) is 2. The minimum Gasteiger partial charge on any atom is -0.439 e. The van der Waals surface area contributed by atoms with E-state index in [-0.39, 0.29) is 35.8 Å². The number of methoxy groups -OCH3 is 1. The van der Waals surface area contributed by atoms with E-state index in [4.69, 9.17) is 15.2 Å². The summed E-state index contributed by atoms with van der Waals surface area (Å²) in [6.07, 6.45) is 1.66. The highest BCUT2D eigenvalue weighted by Gasteiger charge is 2.03. The largest absolute Gasteiger partial charge is 0.439 e. The van der Waals surface area contributed by atoms with Crippen molar-refractivity contribution in [3.05, 3.63) is 54.0 Å². The maximum Gasteiger partial charge on any atom is 0.219 e. The highest BCUT2D eigenvalue weighted by Crippen LogP contribution is 2.19. The van der Waals surface area contributed by atoms with Gasteiger partial charge in [-0.15, -0.1) is 24.0 Å². The van der Waals surface area contributed by atoms with Crippen LogP contribution in [0.5, 0.6) is 11.6 Å². The van der Waals surface area contributed by atoms with Gasteiger partial charge < -0.3 is 20.5 Å². The number of halogens is 2. The van der Waals surface area contributed by atoms with E-state index in [1.54, 1.807) is 31.5 Å². The van der Waals surface area contributed by atoms with Gasteiger partial charge in [-0.25, -0.2) is 14.4 Å². The zero-order chi connectivity index (χ0) is 17.4. The van der Waals surface area contributed by atoms with Crippen LogP contribution in [0.25, 0.3) is 0 Å². The number of hydrogen-bond donors (Lipinski definition) is 2. The van der Waals surface area contributed by atoms with Crippen LogP contribution in [0, 0.1) is 5.82 Å². The highest BCUT2D eigenvalue weighted by atomic mass is 127. The molecule has 0 saturated heterocycles. The van der Waals surface area contributed by atoms with Crippen molar-refractivity contribution in [3.63, 3.8) is 0 Å². The number of aromatic nitrogens is 1. The van der Waals surface area contributed by atoms with Crippen LogP contribution in [0.2, 0.25) is 0 Å². The van der Waals surface area contributed by atoms with Crippen LogP contribution in [-0.2, 0) is 11.3 Å². The Balaban J connectivity index is 0.00000312. The molecule has 8 heteroatoms. The standard InChI is InChI=1S/C17H21FN4O2.HI/c1-12(11-23-2)22-17(19)21-10-13-3-8-16(20-9-13)24-15-6-4-14(18)5-7-15;/h3-9,12H,10-11H2,1-2H3,(H3,19,21,22);1H. The van der Waals surface area contributed by atoms with E-state index in [1.807, 2.05) is 13.0 Å². The van der Waals surface area contributed by atoms with Crippen molar-refractivity contribution in [2.75, 3.05) is 13.7 Å².